The van der Waals surface area contributed by atoms with Crippen molar-refractivity contribution in [1.82, 2.24) is 24.7 Å². The molecule has 0 bridgehead atoms. The molecule has 24 heavy (non-hydrogen) atoms. The predicted molar refractivity (Wildman–Crippen MR) is 90.1 cm³/mol. The molecule has 3 aromatic heterocycles. The van der Waals surface area contributed by atoms with Crippen molar-refractivity contribution in [1.29, 1.82) is 0 Å². The molecule has 0 radical (unpaired) electrons. The summed E-state index contributed by atoms with van der Waals surface area (Å²) < 4.78 is 1.65. The van der Waals surface area contributed by atoms with Crippen LogP contribution in [0.5, 0.6) is 0 Å². The molecule has 1 aliphatic heterocycles. The summed E-state index contributed by atoms with van der Waals surface area (Å²) in [7, 11) is 0. The lowest BCUT2D eigenvalue weighted by Gasteiger charge is -2.40. The van der Waals surface area contributed by atoms with E-state index >= 15 is 0 Å². The Morgan fingerprint density at radius 3 is 3.08 bits per heavy atom. The van der Waals surface area contributed by atoms with E-state index in [4.69, 9.17) is 0 Å². The Morgan fingerprint density at radius 2 is 2.17 bits per heavy atom. The molecule has 0 unspecified atom stereocenters. The van der Waals surface area contributed by atoms with Gasteiger partial charge in [-0.1, -0.05) is 0 Å². The molecular formula is C17H18N6O. The topological polar surface area (TPSA) is 79.7 Å². The number of nitrogens with one attached hydrogen (secondary N) is 1. The molecule has 0 spiro atoms. The van der Waals surface area contributed by atoms with Gasteiger partial charge in [0.05, 0.1) is 17.6 Å². The van der Waals surface area contributed by atoms with Crippen LogP contribution >= 0.6 is 0 Å². The SMILES string of the molecule is O=c1cc2c(nn1CC1CN(c3ncnc4[nH]ccc34)C1)CCC2. The van der Waals surface area contributed by atoms with Gasteiger partial charge >= 0.3 is 0 Å². The maximum absolute atomic E-state index is 12.2. The van der Waals surface area contributed by atoms with Crippen LogP contribution in [0.2, 0.25) is 0 Å². The quantitative estimate of drug-likeness (QED) is 0.782. The average molecular weight is 322 g/mol. The lowest BCUT2D eigenvalue weighted by Crippen LogP contribution is -2.50. The van der Waals surface area contributed by atoms with Crippen LogP contribution in [0, 0.1) is 5.92 Å². The number of aromatic nitrogens is 5. The minimum Gasteiger partial charge on any atom is -0.355 e. The maximum Gasteiger partial charge on any atom is 0.267 e. The lowest BCUT2D eigenvalue weighted by molar-refractivity contribution is 0.332. The van der Waals surface area contributed by atoms with Crippen LogP contribution in [0.15, 0.2) is 29.5 Å². The van der Waals surface area contributed by atoms with E-state index in [1.54, 1.807) is 17.1 Å². The smallest absolute Gasteiger partial charge is 0.267 e. The van der Waals surface area contributed by atoms with Gasteiger partial charge in [0.25, 0.3) is 5.56 Å². The minimum absolute atomic E-state index is 0.0316. The zero-order chi connectivity index (χ0) is 16.1. The first-order valence-electron chi connectivity index (χ1n) is 8.41. The van der Waals surface area contributed by atoms with Crippen molar-refractivity contribution in [2.75, 3.05) is 18.0 Å². The van der Waals surface area contributed by atoms with Crippen molar-refractivity contribution >= 4 is 16.9 Å². The fraction of sp³-hybridized carbons (Fsp3) is 0.412. The summed E-state index contributed by atoms with van der Waals surface area (Å²) in [4.78, 5) is 26.2. The van der Waals surface area contributed by atoms with E-state index in [-0.39, 0.29) is 5.56 Å². The molecule has 7 heteroatoms. The summed E-state index contributed by atoms with van der Waals surface area (Å²) in [6.45, 7) is 2.47. The molecule has 3 aromatic rings. The van der Waals surface area contributed by atoms with E-state index in [9.17, 15) is 4.79 Å². The molecule has 5 rings (SSSR count). The first-order chi connectivity index (χ1) is 11.8. The van der Waals surface area contributed by atoms with Gasteiger partial charge in [-0.2, -0.15) is 5.10 Å². The molecule has 0 saturated carbocycles. The first-order valence-corrected chi connectivity index (χ1v) is 8.41. The monoisotopic (exact) mass is 322 g/mol. The van der Waals surface area contributed by atoms with Gasteiger partial charge < -0.3 is 9.88 Å². The Kier molecular flexibility index (Phi) is 2.95. The maximum atomic E-state index is 12.2. The van der Waals surface area contributed by atoms with Gasteiger partial charge in [0.15, 0.2) is 0 Å². The number of nitrogens with zero attached hydrogens (tertiary/aromatic N) is 5. The molecule has 0 atom stereocenters. The highest BCUT2D eigenvalue weighted by molar-refractivity contribution is 5.87. The van der Waals surface area contributed by atoms with Gasteiger partial charge in [-0.15, -0.1) is 0 Å². The van der Waals surface area contributed by atoms with Crippen molar-refractivity contribution in [3.05, 3.63) is 46.3 Å². The standard InChI is InChI=1S/C17H18N6O/c24-15-6-12-2-1-3-14(12)21-23(15)9-11-7-22(8-11)17-13-4-5-18-16(13)19-10-20-17/h4-6,10-11H,1-3,7-9H2,(H,18,19,20). The zero-order valence-electron chi connectivity index (χ0n) is 13.3. The number of aryl methyl sites for hydroxylation is 2. The van der Waals surface area contributed by atoms with Crippen LogP contribution in [0.4, 0.5) is 5.82 Å². The second-order valence-electron chi connectivity index (χ2n) is 6.70. The molecule has 4 heterocycles. The summed E-state index contributed by atoms with van der Waals surface area (Å²) in [5, 5.41) is 5.61. The summed E-state index contributed by atoms with van der Waals surface area (Å²) in [5.41, 5.74) is 3.14. The Morgan fingerprint density at radius 1 is 1.25 bits per heavy atom. The van der Waals surface area contributed by atoms with Gasteiger partial charge in [-0.3, -0.25) is 4.79 Å². The second kappa shape index (κ2) is 5.15. The molecule has 1 fully saturated rings. The van der Waals surface area contributed by atoms with Gasteiger partial charge in [0.2, 0.25) is 0 Å². The molecule has 7 nitrogen and oxygen atoms in total. The highest BCUT2D eigenvalue weighted by Crippen LogP contribution is 2.29. The van der Waals surface area contributed by atoms with Crippen LogP contribution in [-0.4, -0.2) is 37.8 Å². The summed E-state index contributed by atoms with van der Waals surface area (Å²) >= 11 is 0. The van der Waals surface area contributed by atoms with Gasteiger partial charge in [-0.05, 0) is 30.9 Å². The van der Waals surface area contributed by atoms with Gasteiger partial charge in [0.1, 0.15) is 17.8 Å². The summed E-state index contributed by atoms with van der Waals surface area (Å²) in [5.74, 6) is 1.39. The second-order valence-corrected chi connectivity index (χ2v) is 6.70. The van der Waals surface area contributed by atoms with Crippen molar-refractivity contribution in [2.45, 2.75) is 25.8 Å². The van der Waals surface area contributed by atoms with E-state index in [1.807, 2.05) is 12.3 Å². The highest BCUT2D eigenvalue weighted by Gasteiger charge is 2.30. The van der Waals surface area contributed by atoms with Crippen molar-refractivity contribution in [2.24, 2.45) is 5.92 Å². The Labute approximate surface area is 138 Å². The Bertz CT molecular complexity index is 969. The third-order valence-electron chi connectivity index (χ3n) is 5.04. The van der Waals surface area contributed by atoms with Crippen LogP contribution in [0.3, 0.4) is 0 Å². The predicted octanol–water partition coefficient (Wildman–Crippen LogP) is 1.14. The third-order valence-corrected chi connectivity index (χ3v) is 5.04. The molecule has 2 aliphatic rings. The van der Waals surface area contributed by atoms with Crippen LogP contribution < -0.4 is 10.5 Å². The normalized spacial score (nSPS) is 17.2. The van der Waals surface area contributed by atoms with E-state index in [0.29, 0.717) is 12.5 Å². The van der Waals surface area contributed by atoms with Crippen LogP contribution in [0.25, 0.3) is 11.0 Å². The highest BCUT2D eigenvalue weighted by atomic mass is 16.1. The van der Waals surface area contributed by atoms with Crippen molar-refractivity contribution < 1.29 is 0 Å². The molecular weight excluding hydrogens is 304 g/mol. The first kappa shape index (κ1) is 13.7. The van der Waals surface area contributed by atoms with Gasteiger partial charge in [-0.25, -0.2) is 14.6 Å². The fourth-order valence-electron chi connectivity index (χ4n) is 3.78. The van der Waals surface area contributed by atoms with Crippen molar-refractivity contribution in [3.8, 4) is 0 Å². The lowest BCUT2D eigenvalue weighted by atomic mass is 10.00. The number of rotatable bonds is 3. The summed E-state index contributed by atoms with van der Waals surface area (Å²) in [6, 6.07) is 3.78. The average Bonchev–Trinajstić information content (AvgIpc) is 3.18. The van der Waals surface area contributed by atoms with E-state index in [0.717, 1.165) is 60.5 Å². The Hall–Kier alpha value is -2.70. The third kappa shape index (κ3) is 2.11. The molecule has 1 N–H and O–H groups in total. The minimum atomic E-state index is 0.0316. The number of fused-ring (bicyclic) bond motifs is 2. The van der Waals surface area contributed by atoms with E-state index in [1.165, 1.54) is 0 Å². The van der Waals surface area contributed by atoms with E-state index in [2.05, 4.69) is 25.0 Å². The molecule has 1 aliphatic carbocycles. The largest absolute Gasteiger partial charge is 0.355 e. The molecule has 1 saturated heterocycles. The number of hydrogen-bond donors (Lipinski definition) is 1. The van der Waals surface area contributed by atoms with Crippen LogP contribution in [0.1, 0.15) is 17.7 Å². The number of anilines is 1. The molecule has 0 amide bonds. The fourth-order valence-corrected chi connectivity index (χ4v) is 3.78. The molecule has 0 aromatic carbocycles. The van der Waals surface area contributed by atoms with Gasteiger partial charge in [0, 0.05) is 31.3 Å². The number of aromatic amines is 1. The van der Waals surface area contributed by atoms with E-state index < -0.39 is 0 Å². The number of H-pyrrole nitrogens is 1. The molecule has 122 valence electrons. The number of hydrogen-bond acceptors (Lipinski definition) is 5. The van der Waals surface area contributed by atoms with Crippen molar-refractivity contribution in [3.63, 3.8) is 0 Å². The van der Waals surface area contributed by atoms with Crippen LogP contribution in [-0.2, 0) is 19.4 Å². The zero-order valence-corrected chi connectivity index (χ0v) is 13.3. The summed E-state index contributed by atoms with van der Waals surface area (Å²) in [6.07, 6.45) is 6.58. The Balaban J connectivity index is 1.32.